The van der Waals surface area contributed by atoms with E-state index in [0.717, 1.165) is 29.7 Å². The summed E-state index contributed by atoms with van der Waals surface area (Å²) in [6.07, 6.45) is 6.21. The summed E-state index contributed by atoms with van der Waals surface area (Å²) >= 11 is 0. The first-order valence-electron chi connectivity index (χ1n) is 7.76. The van der Waals surface area contributed by atoms with Gasteiger partial charge in [-0.25, -0.2) is 0 Å². The van der Waals surface area contributed by atoms with Crippen molar-refractivity contribution in [2.75, 3.05) is 5.32 Å². The summed E-state index contributed by atoms with van der Waals surface area (Å²) in [5.74, 6) is -0.0295. The summed E-state index contributed by atoms with van der Waals surface area (Å²) in [5, 5.41) is 5.81. The van der Waals surface area contributed by atoms with Crippen molar-refractivity contribution in [2.24, 2.45) is 0 Å². The number of benzene rings is 1. The van der Waals surface area contributed by atoms with E-state index in [1.807, 2.05) is 36.4 Å². The second-order valence-electron chi connectivity index (χ2n) is 5.80. The Kier molecular flexibility index (Phi) is 4.66. The summed E-state index contributed by atoms with van der Waals surface area (Å²) < 4.78 is 0. The zero-order valence-electron chi connectivity index (χ0n) is 12.8. The number of hydrogen-bond acceptors (Lipinski definition) is 3. The van der Waals surface area contributed by atoms with E-state index in [2.05, 4.69) is 15.6 Å². The molecule has 2 N–H and O–H groups in total. The minimum Gasteiger partial charge on any atom is -0.353 e. The Balaban J connectivity index is 1.50. The zero-order valence-corrected chi connectivity index (χ0v) is 12.8. The number of carbonyl (C=O) groups is 2. The maximum Gasteiger partial charge on any atom is 0.228 e. The third-order valence-electron chi connectivity index (χ3n) is 3.63. The van der Waals surface area contributed by atoms with Gasteiger partial charge in [-0.2, -0.15) is 0 Å². The molecule has 0 radical (unpaired) electrons. The fourth-order valence-corrected chi connectivity index (χ4v) is 2.29. The number of carbonyl (C=O) groups excluding carboxylic acids is 2. The normalized spacial score (nSPS) is 13.4. The summed E-state index contributed by atoms with van der Waals surface area (Å²) in [7, 11) is 0. The first-order chi connectivity index (χ1) is 11.2. The zero-order chi connectivity index (χ0) is 16.1. The first-order valence-corrected chi connectivity index (χ1v) is 7.76. The quantitative estimate of drug-likeness (QED) is 0.858. The molecule has 1 fully saturated rings. The molecular weight excluding hydrogens is 290 g/mol. The number of rotatable bonds is 6. The van der Waals surface area contributed by atoms with Crippen LogP contribution in [0.5, 0.6) is 0 Å². The molecular formula is C18H19N3O2. The Morgan fingerprint density at radius 2 is 1.74 bits per heavy atom. The molecule has 2 aromatic rings. The lowest BCUT2D eigenvalue weighted by atomic mass is 10.1. The van der Waals surface area contributed by atoms with Crippen LogP contribution in [0.4, 0.5) is 5.69 Å². The van der Waals surface area contributed by atoms with Crippen molar-refractivity contribution < 1.29 is 9.59 Å². The van der Waals surface area contributed by atoms with Crippen LogP contribution in [0.3, 0.4) is 0 Å². The van der Waals surface area contributed by atoms with Crippen molar-refractivity contribution in [1.29, 1.82) is 0 Å². The van der Waals surface area contributed by atoms with Gasteiger partial charge in [-0.15, -0.1) is 0 Å². The summed E-state index contributed by atoms with van der Waals surface area (Å²) in [5.41, 5.74) is 2.54. The van der Waals surface area contributed by atoms with Crippen LogP contribution in [-0.2, 0) is 22.4 Å². The predicted molar refractivity (Wildman–Crippen MR) is 87.9 cm³/mol. The summed E-state index contributed by atoms with van der Waals surface area (Å²) in [6, 6.07) is 11.4. The molecule has 0 saturated heterocycles. The first kappa shape index (κ1) is 15.2. The Bertz CT molecular complexity index is 679. The average molecular weight is 309 g/mol. The number of hydrogen-bond donors (Lipinski definition) is 2. The topological polar surface area (TPSA) is 71.1 Å². The predicted octanol–water partition coefficient (Wildman–Crippen LogP) is 2.08. The molecule has 0 aliphatic heterocycles. The van der Waals surface area contributed by atoms with Crippen LogP contribution >= 0.6 is 0 Å². The highest BCUT2D eigenvalue weighted by atomic mass is 16.2. The van der Waals surface area contributed by atoms with E-state index in [0.29, 0.717) is 18.9 Å². The van der Waals surface area contributed by atoms with Gasteiger partial charge in [0.05, 0.1) is 12.8 Å². The van der Waals surface area contributed by atoms with E-state index >= 15 is 0 Å². The Morgan fingerprint density at radius 3 is 2.39 bits per heavy atom. The van der Waals surface area contributed by atoms with Gasteiger partial charge < -0.3 is 10.6 Å². The number of anilines is 1. The summed E-state index contributed by atoms with van der Waals surface area (Å²) in [4.78, 5) is 27.7. The third-order valence-corrected chi connectivity index (χ3v) is 3.63. The molecule has 0 spiro atoms. The molecule has 1 aliphatic carbocycles. The highest BCUT2D eigenvalue weighted by Gasteiger charge is 2.22. The van der Waals surface area contributed by atoms with Crippen molar-refractivity contribution in [3.8, 4) is 0 Å². The van der Waals surface area contributed by atoms with Gasteiger partial charge in [0.15, 0.2) is 0 Å². The van der Waals surface area contributed by atoms with Crippen molar-refractivity contribution in [3.05, 3.63) is 59.9 Å². The monoisotopic (exact) mass is 309 g/mol. The number of pyridine rings is 1. The van der Waals surface area contributed by atoms with E-state index in [4.69, 9.17) is 0 Å². The maximum atomic E-state index is 12.0. The minimum atomic E-state index is -0.0859. The molecule has 0 unspecified atom stereocenters. The maximum absolute atomic E-state index is 12.0. The molecule has 2 amide bonds. The fourth-order valence-electron chi connectivity index (χ4n) is 2.29. The van der Waals surface area contributed by atoms with Gasteiger partial charge in [0.1, 0.15) is 0 Å². The van der Waals surface area contributed by atoms with E-state index in [1.54, 1.807) is 12.4 Å². The second kappa shape index (κ2) is 7.05. The molecule has 1 heterocycles. The number of nitrogens with one attached hydrogen (secondary N) is 2. The smallest absolute Gasteiger partial charge is 0.228 e. The van der Waals surface area contributed by atoms with Gasteiger partial charge in [0.25, 0.3) is 0 Å². The lowest BCUT2D eigenvalue weighted by Gasteiger charge is -2.07. The van der Waals surface area contributed by atoms with Gasteiger partial charge in [0, 0.05) is 24.1 Å². The molecule has 5 nitrogen and oxygen atoms in total. The highest BCUT2D eigenvalue weighted by Crippen LogP contribution is 2.19. The highest BCUT2D eigenvalue weighted by molar-refractivity contribution is 5.92. The van der Waals surface area contributed by atoms with Gasteiger partial charge >= 0.3 is 0 Å². The Labute approximate surface area is 135 Å². The standard InChI is InChI=1S/C18H19N3O2/c22-17(21-16-7-8-16)10-13-3-5-15(6-4-13)20-18(23)11-14-2-1-9-19-12-14/h1-6,9,12,16H,7-8,10-11H2,(H,20,23)(H,21,22). The van der Waals surface area contributed by atoms with E-state index in [-0.39, 0.29) is 11.8 Å². The van der Waals surface area contributed by atoms with Gasteiger partial charge in [-0.05, 0) is 42.2 Å². The average Bonchev–Trinajstić information content (AvgIpc) is 3.34. The van der Waals surface area contributed by atoms with Crippen LogP contribution in [-0.4, -0.2) is 22.8 Å². The third kappa shape index (κ3) is 4.92. The molecule has 0 atom stereocenters. The largest absolute Gasteiger partial charge is 0.353 e. The number of aromatic nitrogens is 1. The molecule has 23 heavy (non-hydrogen) atoms. The lowest BCUT2D eigenvalue weighted by Crippen LogP contribution is -2.26. The SMILES string of the molecule is O=C(Cc1cccnc1)Nc1ccc(CC(=O)NC2CC2)cc1. The molecule has 1 aromatic carbocycles. The van der Waals surface area contributed by atoms with Crippen LogP contribution in [0.2, 0.25) is 0 Å². The molecule has 1 saturated carbocycles. The van der Waals surface area contributed by atoms with Crippen molar-refractivity contribution in [3.63, 3.8) is 0 Å². The van der Waals surface area contributed by atoms with Crippen LogP contribution in [0.25, 0.3) is 0 Å². The van der Waals surface area contributed by atoms with Crippen LogP contribution in [0.15, 0.2) is 48.8 Å². The minimum absolute atomic E-state index is 0.0564. The number of nitrogens with zero attached hydrogens (tertiary/aromatic N) is 1. The van der Waals surface area contributed by atoms with E-state index in [9.17, 15) is 9.59 Å². The van der Waals surface area contributed by atoms with Crippen LogP contribution in [0.1, 0.15) is 24.0 Å². The molecule has 1 aromatic heterocycles. The Hall–Kier alpha value is -2.69. The molecule has 1 aliphatic rings. The fraction of sp³-hybridized carbons (Fsp3) is 0.278. The van der Waals surface area contributed by atoms with E-state index in [1.165, 1.54) is 0 Å². The Morgan fingerprint density at radius 1 is 1.00 bits per heavy atom. The molecule has 3 rings (SSSR count). The second-order valence-corrected chi connectivity index (χ2v) is 5.80. The molecule has 5 heteroatoms. The van der Waals surface area contributed by atoms with E-state index < -0.39 is 0 Å². The van der Waals surface area contributed by atoms with Gasteiger partial charge in [-0.3, -0.25) is 14.6 Å². The molecule has 0 bridgehead atoms. The van der Waals surface area contributed by atoms with Crippen molar-refractivity contribution >= 4 is 17.5 Å². The molecule has 118 valence electrons. The van der Waals surface area contributed by atoms with Crippen molar-refractivity contribution in [2.45, 2.75) is 31.7 Å². The number of amides is 2. The summed E-state index contributed by atoms with van der Waals surface area (Å²) in [6.45, 7) is 0. The van der Waals surface area contributed by atoms with Gasteiger partial charge in [-0.1, -0.05) is 18.2 Å². The van der Waals surface area contributed by atoms with Crippen LogP contribution in [0, 0.1) is 0 Å². The van der Waals surface area contributed by atoms with Crippen LogP contribution < -0.4 is 10.6 Å². The lowest BCUT2D eigenvalue weighted by molar-refractivity contribution is -0.120. The van der Waals surface area contributed by atoms with Crippen molar-refractivity contribution in [1.82, 2.24) is 10.3 Å². The van der Waals surface area contributed by atoms with Gasteiger partial charge in [0.2, 0.25) is 11.8 Å².